The van der Waals surface area contributed by atoms with Gasteiger partial charge in [-0.15, -0.1) is 0 Å². The lowest BCUT2D eigenvalue weighted by Crippen LogP contribution is -2.19. The number of carbonyl (C=O) groups is 1. The van der Waals surface area contributed by atoms with Gasteiger partial charge < -0.3 is 9.84 Å². The summed E-state index contributed by atoms with van der Waals surface area (Å²) in [4.78, 5) is 11.4. The van der Waals surface area contributed by atoms with Gasteiger partial charge in [-0.1, -0.05) is 46.3 Å². The van der Waals surface area contributed by atoms with Gasteiger partial charge in [0.15, 0.2) is 0 Å². The van der Waals surface area contributed by atoms with Crippen molar-refractivity contribution in [2.24, 2.45) is 0 Å². The average Bonchev–Trinajstić information content (AvgIpc) is 2.42. The summed E-state index contributed by atoms with van der Waals surface area (Å²) in [5.74, 6) is -0.847. The molecule has 0 aromatic heterocycles. The molecule has 3 nitrogen and oxygen atoms in total. The zero-order valence-electron chi connectivity index (χ0n) is 11.0. The van der Waals surface area contributed by atoms with E-state index in [1.165, 1.54) is 0 Å². The summed E-state index contributed by atoms with van der Waals surface area (Å²) in [5, 5.41) is 9.33. The van der Waals surface area contributed by atoms with Crippen LogP contribution in [0.25, 0.3) is 0 Å². The van der Waals surface area contributed by atoms with Gasteiger partial charge in [0.2, 0.25) is 0 Å². The number of rotatable bonds is 5. The number of aryl methyl sites for hydroxylation is 1. The predicted molar refractivity (Wildman–Crippen MR) is 81.2 cm³/mol. The van der Waals surface area contributed by atoms with Gasteiger partial charge in [0, 0.05) is 4.47 Å². The van der Waals surface area contributed by atoms with Gasteiger partial charge in [0.25, 0.3) is 0 Å². The van der Waals surface area contributed by atoms with Crippen LogP contribution in [0.3, 0.4) is 0 Å². The Kier molecular flexibility index (Phi) is 4.79. The number of aliphatic carboxylic acids is 1. The molecule has 1 atom stereocenters. The molecule has 0 fully saturated rings. The standard InChI is InChI=1S/C16H15BrO3/c1-11-9-13(17)7-8-15(11)20-10-14(16(18)19)12-5-3-2-4-6-12/h2-9,14H,10H2,1H3,(H,18,19). The van der Waals surface area contributed by atoms with Crippen LogP contribution in [0.15, 0.2) is 53.0 Å². The van der Waals surface area contributed by atoms with E-state index in [0.29, 0.717) is 5.75 Å². The van der Waals surface area contributed by atoms with E-state index in [1.54, 1.807) is 12.1 Å². The number of halogens is 1. The Bertz CT molecular complexity index is 596. The summed E-state index contributed by atoms with van der Waals surface area (Å²) in [6.45, 7) is 2.04. The molecule has 104 valence electrons. The summed E-state index contributed by atoms with van der Waals surface area (Å²) in [6.07, 6.45) is 0. The number of carboxylic acid groups (broad SMARTS) is 1. The fraction of sp³-hybridized carbons (Fsp3) is 0.188. The fourth-order valence-corrected chi connectivity index (χ4v) is 2.42. The Morgan fingerprint density at radius 1 is 1.25 bits per heavy atom. The molecular formula is C16H15BrO3. The van der Waals surface area contributed by atoms with Crippen LogP contribution < -0.4 is 4.74 Å². The molecule has 1 unspecified atom stereocenters. The van der Waals surface area contributed by atoms with Crippen molar-refractivity contribution in [2.45, 2.75) is 12.8 Å². The van der Waals surface area contributed by atoms with Crippen LogP contribution in [0, 0.1) is 6.92 Å². The molecule has 0 radical (unpaired) electrons. The third kappa shape index (κ3) is 3.61. The summed E-state index contributed by atoms with van der Waals surface area (Å²) >= 11 is 3.39. The quantitative estimate of drug-likeness (QED) is 0.898. The molecule has 0 spiro atoms. The summed E-state index contributed by atoms with van der Waals surface area (Å²) in [5.41, 5.74) is 1.71. The maximum Gasteiger partial charge on any atom is 0.314 e. The minimum Gasteiger partial charge on any atom is -0.492 e. The number of hydrogen-bond acceptors (Lipinski definition) is 2. The van der Waals surface area contributed by atoms with E-state index >= 15 is 0 Å². The Hall–Kier alpha value is -1.81. The molecule has 0 bridgehead atoms. The van der Waals surface area contributed by atoms with Crippen LogP contribution >= 0.6 is 15.9 Å². The van der Waals surface area contributed by atoms with E-state index in [1.807, 2.05) is 43.3 Å². The van der Waals surface area contributed by atoms with Gasteiger partial charge in [-0.05, 0) is 36.2 Å². The molecule has 4 heteroatoms. The van der Waals surface area contributed by atoms with Crippen LogP contribution in [0.2, 0.25) is 0 Å². The lowest BCUT2D eigenvalue weighted by atomic mass is 10.0. The van der Waals surface area contributed by atoms with Crippen molar-refractivity contribution in [3.8, 4) is 5.75 Å². The second-order valence-electron chi connectivity index (χ2n) is 4.52. The Morgan fingerprint density at radius 3 is 2.55 bits per heavy atom. The molecule has 20 heavy (non-hydrogen) atoms. The van der Waals surface area contributed by atoms with Gasteiger partial charge in [-0.25, -0.2) is 0 Å². The monoisotopic (exact) mass is 334 g/mol. The summed E-state index contributed by atoms with van der Waals surface area (Å²) in [7, 11) is 0. The van der Waals surface area contributed by atoms with Crippen molar-refractivity contribution in [2.75, 3.05) is 6.61 Å². The Labute approximate surface area is 126 Å². The molecule has 0 amide bonds. The lowest BCUT2D eigenvalue weighted by Gasteiger charge is -2.15. The van der Waals surface area contributed by atoms with E-state index in [9.17, 15) is 9.90 Å². The minimum atomic E-state index is -0.883. The molecule has 2 aromatic rings. The molecule has 0 aliphatic heterocycles. The second kappa shape index (κ2) is 6.57. The van der Waals surface area contributed by atoms with E-state index in [4.69, 9.17) is 4.74 Å². The van der Waals surface area contributed by atoms with Crippen molar-refractivity contribution in [3.63, 3.8) is 0 Å². The van der Waals surface area contributed by atoms with E-state index in [2.05, 4.69) is 15.9 Å². The summed E-state index contributed by atoms with van der Waals surface area (Å²) < 4.78 is 6.64. The molecule has 0 aliphatic carbocycles. The topological polar surface area (TPSA) is 46.5 Å². The third-order valence-electron chi connectivity index (χ3n) is 3.04. The van der Waals surface area contributed by atoms with Crippen LogP contribution in [0.1, 0.15) is 17.0 Å². The zero-order chi connectivity index (χ0) is 14.5. The molecule has 0 saturated carbocycles. The minimum absolute atomic E-state index is 0.113. The third-order valence-corrected chi connectivity index (χ3v) is 3.54. The molecule has 2 rings (SSSR count). The van der Waals surface area contributed by atoms with Crippen LogP contribution in [0.4, 0.5) is 0 Å². The molecule has 1 N–H and O–H groups in total. The average molecular weight is 335 g/mol. The zero-order valence-corrected chi connectivity index (χ0v) is 12.6. The maximum atomic E-state index is 11.4. The maximum absolute atomic E-state index is 11.4. The Balaban J connectivity index is 2.12. The van der Waals surface area contributed by atoms with Crippen molar-refractivity contribution in [1.82, 2.24) is 0 Å². The number of benzene rings is 2. The van der Waals surface area contributed by atoms with Crippen molar-refractivity contribution >= 4 is 21.9 Å². The Morgan fingerprint density at radius 2 is 1.95 bits per heavy atom. The van der Waals surface area contributed by atoms with Crippen molar-refractivity contribution in [3.05, 3.63) is 64.1 Å². The van der Waals surface area contributed by atoms with Crippen LogP contribution in [-0.4, -0.2) is 17.7 Å². The van der Waals surface area contributed by atoms with Crippen molar-refractivity contribution < 1.29 is 14.6 Å². The SMILES string of the molecule is Cc1cc(Br)ccc1OCC(C(=O)O)c1ccccc1. The highest BCUT2D eigenvalue weighted by molar-refractivity contribution is 9.10. The number of carboxylic acids is 1. The predicted octanol–water partition coefficient (Wildman–Crippen LogP) is 4.00. The fourth-order valence-electron chi connectivity index (χ4n) is 1.94. The molecule has 2 aromatic carbocycles. The first kappa shape index (κ1) is 14.6. The largest absolute Gasteiger partial charge is 0.492 e. The first-order valence-corrected chi connectivity index (χ1v) is 7.04. The van der Waals surface area contributed by atoms with Gasteiger partial charge in [-0.3, -0.25) is 4.79 Å². The number of hydrogen-bond donors (Lipinski definition) is 1. The molecule has 0 heterocycles. The first-order valence-electron chi connectivity index (χ1n) is 6.24. The normalized spacial score (nSPS) is 11.9. The van der Waals surface area contributed by atoms with E-state index in [-0.39, 0.29) is 6.61 Å². The first-order chi connectivity index (χ1) is 9.58. The second-order valence-corrected chi connectivity index (χ2v) is 5.44. The molecular weight excluding hydrogens is 320 g/mol. The molecule has 0 aliphatic rings. The summed E-state index contributed by atoms with van der Waals surface area (Å²) in [6, 6.07) is 14.8. The van der Waals surface area contributed by atoms with Crippen LogP contribution in [-0.2, 0) is 4.79 Å². The van der Waals surface area contributed by atoms with E-state index < -0.39 is 11.9 Å². The lowest BCUT2D eigenvalue weighted by molar-refractivity contribution is -0.139. The van der Waals surface area contributed by atoms with Gasteiger partial charge in [0.1, 0.15) is 18.3 Å². The van der Waals surface area contributed by atoms with Gasteiger partial charge >= 0.3 is 5.97 Å². The number of ether oxygens (including phenoxy) is 1. The molecule has 0 saturated heterocycles. The highest BCUT2D eigenvalue weighted by Crippen LogP contribution is 2.24. The van der Waals surface area contributed by atoms with Gasteiger partial charge in [0.05, 0.1) is 0 Å². The van der Waals surface area contributed by atoms with Crippen molar-refractivity contribution in [1.29, 1.82) is 0 Å². The highest BCUT2D eigenvalue weighted by atomic mass is 79.9. The van der Waals surface area contributed by atoms with E-state index in [0.717, 1.165) is 15.6 Å². The van der Waals surface area contributed by atoms with Gasteiger partial charge in [-0.2, -0.15) is 0 Å². The smallest absolute Gasteiger partial charge is 0.314 e. The van der Waals surface area contributed by atoms with Crippen LogP contribution in [0.5, 0.6) is 5.75 Å². The highest BCUT2D eigenvalue weighted by Gasteiger charge is 2.20.